The van der Waals surface area contributed by atoms with Crippen LogP contribution in [0.2, 0.25) is 0 Å². The second-order valence-corrected chi connectivity index (χ2v) is 5.35. The maximum absolute atomic E-state index is 12.9. The number of ether oxygens (including phenoxy) is 1. The van der Waals surface area contributed by atoms with Gasteiger partial charge in [0.1, 0.15) is 11.6 Å². The summed E-state index contributed by atoms with van der Waals surface area (Å²) >= 11 is 0. The van der Waals surface area contributed by atoms with Crippen molar-refractivity contribution in [2.24, 2.45) is 5.10 Å². The van der Waals surface area contributed by atoms with Crippen LogP contribution in [0.3, 0.4) is 0 Å². The summed E-state index contributed by atoms with van der Waals surface area (Å²) in [7, 11) is 0. The maximum atomic E-state index is 12.9. The van der Waals surface area contributed by atoms with Crippen LogP contribution in [-0.2, 0) is 4.79 Å². The Morgan fingerprint density at radius 1 is 1.13 bits per heavy atom. The molecule has 0 aliphatic rings. The minimum Gasteiger partial charge on any atom is -0.484 e. The third-order valence-electron chi connectivity index (χ3n) is 3.18. The van der Waals surface area contributed by atoms with E-state index in [9.17, 15) is 9.18 Å². The highest BCUT2D eigenvalue weighted by atomic mass is 19.1. The van der Waals surface area contributed by atoms with Gasteiger partial charge in [-0.05, 0) is 61.7 Å². The number of hydrogen-bond donors (Lipinski definition) is 1. The van der Waals surface area contributed by atoms with E-state index in [1.165, 1.54) is 12.1 Å². The molecule has 0 spiro atoms. The predicted octanol–water partition coefficient (Wildman–Crippen LogP) is 3.36. The van der Waals surface area contributed by atoms with Gasteiger partial charge in [0.2, 0.25) is 0 Å². The lowest BCUT2D eigenvalue weighted by Gasteiger charge is -2.07. The Morgan fingerprint density at radius 2 is 1.74 bits per heavy atom. The molecule has 5 heteroatoms. The monoisotopic (exact) mass is 314 g/mol. The SMILES string of the molecule is C/C(=N/NC(=O)COc1cc(C)cc(C)c1)c1ccc(F)cc1. The number of hydrogen-bond acceptors (Lipinski definition) is 3. The number of nitrogens with one attached hydrogen (secondary N) is 1. The van der Waals surface area contributed by atoms with Gasteiger partial charge in [0, 0.05) is 0 Å². The summed E-state index contributed by atoms with van der Waals surface area (Å²) in [6, 6.07) is 11.7. The summed E-state index contributed by atoms with van der Waals surface area (Å²) in [4.78, 5) is 11.8. The van der Waals surface area contributed by atoms with E-state index in [0.717, 1.165) is 16.7 Å². The number of carbonyl (C=O) groups excluding carboxylic acids is 1. The second-order valence-electron chi connectivity index (χ2n) is 5.35. The minimum atomic E-state index is -0.356. The van der Waals surface area contributed by atoms with E-state index in [-0.39, 0.29) is 18.3 Å². The number of amides is 1. The molecule has 0 unspecified atom stereocenters. The van der Waals surface area contributed by atoms with Gasteiger partial charge in [-0.2, -0.15) is 5.10 Å². The third kappa shape index (κ3) is 5.21. The van der Waals surface area contributed by atoms with Gasteiger partial charge in [-0.1, -0.05) is 18.2 Å². The van der Waals surface area contributed by atoms with Gasteiger partial charge in [-0.3, -0.25) is 4.79 Å². The van der Waals surface area contributed by atoms with Crippen LogP contribution in [0.15, 0.2) is 47.6 Å². The van der Waals surface area contributed by atoms with Crippen molar-refractivity contribution in [3.8, 4) is 5.75 Å². The predicted molar refractivity (Wildman–Crippen MR) is 88.2 cm³/mol. The van der Waals surface area contributed by atoms with Crippen LogP contribution in [0, 0.1) is 19.7 Å². The van der Waals surface area contributed by atoms with Gasteiger partial charge in [0.05, 0.1) is 5.71 Å². The Hall–Kier alpha value is -2.69. The number of carbonyl (C=O) groups is 1. The minimum absolute atomic E-state index is 0.122. The molecule has 2 aromatic rings. The lowest BCUT2D eigenvalue weighted by molar-refractivity contribution is -0.123. The quantitative estimate of drug-likeness (QED) is 0.679. The second kappa shape index (κ2) is 7.54. The summed E-state index contributed by atoms with van der Waals surface area (Å²) in [5, 5.41) is 3.99. The normalized spacial score (nSPS) is 11.2. The molecule has 0 saturated heterocycles. The Morgan fingerprint density at radius 3 is 2.35 bits per heavy atom. The van der Waals surface area contributed by atoms with E-state index in [1.807, 2.05) is 32.0 Å². The third-order valence-corrected chi connectivity index (χ3v) is 3.18. The highest BCUT2D eigenvalue weighted by Crippen LogP contribution is 2.15. The van der Waals surface area contributed by atoms with E-state index >= 15 is 0 Å². The molecule has 23 heavy (non-hydrogen) atoms. The molecule has 0 aromatic heterocycles. The summed E-state index contributed by atoms with van der Waals surface area (Å²) in [5.41, 5.74) is 5.90. The fourth-order valence-electron chi connectivity index (χ4n) is 2.10. The molecule has 0 saturated carbocycles. The van der Waals surface area contributed by atoms with Crippen molar-refractivity contribution in [2.45, 2.75) is 20.8 Å². The van der Waals surface area contributed by atoms with Crippen LogP contribution < -0.4 is 10.2 Å². The molecule has 120 valence electrons. The Kier molecular flexibility index (Phi) is 5.46. The number of benzene rings is 2. The van der Waals surface area contributed by atoms with Gasteiger partial charge in [0.15, 0.2) is 6.61 Å². The van der Waals surface area contributed by atoms with E-state index in [1.54, 1.807) is 19.1 Å². The van der Waals surface area contributed by atoms with E-state index in [2.05, 4.69) is 10.5 Å². The molecule has 0 aliphatic heterocycles. The van der Waals surface area contributed by atoms with Crippen LogP contribution >= 0.6 is 0 Å². The molecule has 2 rings (SSSR count). The van der Waals surface area contributed by atoms with Gasteiger partial charge in [-0.15, -0.1) is 0 Å². The average Bonchev–Trinajstić information content (AvgIpc) is 2.50. The van der Waals surface area contributed by atoms with Crippen molar-refractivity contribution in [1.29, 1.82) is 0 Å². The first kappa shape index (κ1) is 16.7. The van der Waals surface area contributed by atoms with Crippen molar-refractivity contribution in [3.63, 3.8) is 0 Å². The molecule has 0 bridgehead atoms. The smallest absolute Gasteiger partial charge is 0.277 e. The first-order valence-corrected chi connectivity index (χ1v) is 7.24. The topological polar surface area (TPSA) is 50.7 Å². The molecule has 0 aliphatic carbocycles. The highest BCUT2D eigenvalue weighted by molar-refractivity contribution is 5.99. The first-order chi connectivity index (χ1) is 10.9. The molecule has 1 amide bonds. The molecule has 0 heterocycles. The molecule has 4 nitrogen and oxygen atoms in total. The summed E-state index contributed by atoms with van der Waals surface area (Å²) < 4.78 is 18.3. The van der Waals surface area contributed by atoms with Crippen molar-refractivity contribution >= 4 is 11.6 Å². The zero-order valence-corrected chi connectivity index (χ0v) is 13.4. The van der Waals surface area contributed by atoms with Crippen molar-refractivity contribution in [1.82, 2.24) is 5.43 Å². The molecule has 1 N–H and O–H groups in total. The summed E-state index contributed by atoms with van der Waals surface area (Å²) in [5.74, 6) is -0.0186. The molecular weight excluding hydrogens is 295 g/mol. The average molecular weight is 314 g/mol. The van der Waals surface area contributed by atoms with Gasteiger partial charge in [0.25, 0.3) is 5.91 Å². The fourth-order valence-corrected chi connectivity index (χ4v) is 2.10. The fraction of sp³-hybridized carbons (Fsp3) is 0.222. The standard InChI is InChI=1S/C18H19FN2O2/c1-12-8-13(2)10-17(9-12)23-11-18(22)21-20-14(3)15-4-6-16(19)7-5-15/h4-10H,11H2,1-3H3,(H,21,22)/b20-14-. The molecular formula is C18H19FN2O2. The van der Waals surface area contributed by atoms with Crippen LogP contribution in [0.25, 0.3) is 0 Å². The van der Waals surface area contributed by atoms with Crippen LogP contribution in [-0.4, -0.2) is 18.2 Å². The van der Waals surface area contributed by atoms with E-state index < -0.39 is 0 Å². The summed E-state index contributed by atoms with van der Waals surface area (Å²) in [6.45, 7) is 5.55. The molecule has 2 aromatic carbocycles. The van der Waals surface area contributed by atoms with Crippen LogP contribution in [0.5, 0.6) is 5.75 Å². The number of hydrazone groups is 1. The first-order valence-electron chi connectivity index (χ1n) is 7.24. The van der Waals surface area contributed by atoms with E-state index in [4.69, 9.17) is 4.74 Å². The van der Waals surface area contributed by atoms with Crippen molar-refractivity contribution in [3.05, 3.63) is 65.0 Å². The Balaban J connectivity index is 1.89. The molecule has 0 radical (unpaired) electrons. The summed E-state index contributed by atoms with van der Waals surface area (Å²) in [6.07, 6.45) is 0. The van der Waals surface area contributed by atoms with Crippen molar-refractivity contribution < 1.29 is 13.9 Å². The maximum Gasteiger partial charge on any atom is 0.277 e. The Labute approximate surface area is 135 Å². The number of nitrogens with zero attached hydrogens (tertiary/aromatic N) is 1. The number of halogens is 1. The zero-order valence-electron chi connectivity index (χ0n) is 13.4. The van der Waals surface area contributed by atoms with Gasteiger partial charge < -0.3 is 4.74 Å². The van der Waals surface area contributed by atoms with Crippen LogP contribution in [0.1, 0.15) is 23.6 Å². The largest absolute Gasteiger partial charge is 0.484 e. The number of rotatable bonds is 5. The zero-order chi connectivity index (χ0) is 16.8. The van der Waals surface area contributed by atoms with E-state index in [0.29, 0.717) is 11.5 Å². The van der Waals surface area contributed by atoms with Crippen molar-refractivity contribution in [2.75, 3.05) is 6.61 Å². The lowest BCUT2D eigenvalue weighted by atomic mass is 10.1. The number of aryl methyl sites for hydroxylation is 2. The van der Waals surface area contributed by atoms with Gasteiger partial charge in [-0.25, -0.2) is 9.82 Å². The lowest BCUT2D eigenvalue weighted by Crippen LogP contribution is -2.25. The molecule has 0 atom stereocenters. The van der Waals surface area contributed by atoms with Gasteiger partial charge >= 0.3 is 0 Å². The van der Waals surface area contributed by atoms with Crippen LogP contribution in [0.4, 0.5) is 4.39 Å². The molecule has 0 fully saturated rings. The highest BCUT2D eigenvalue weighted by Gasteiger charge is 2.04. The Bertz CT molecular complexity index is 704.